The van der Waals surface area contributed by atoms with Gasteiger partial charge in [-0.05, 0) is 43.7 Å². The number of ether oxygens (including phenoxy) is 3. The summed E-state index contributed by atoms with van der Waals surface area (Å²) in [6.45, 7) is 3.62. The zero-order valence-electron chi connectivity index (χ0n) is 16.2. The number of hydrogen-bond acceptors (Lipinski definition) is 7. The van der Waals surface area contributed by atoms with Crippen molar-refractivity contribution < 1.29 is 18.6 Å². The second-order valence-electron chi connectivity index (χ2n) is 6.17. The molecule has 0 amide bonds. The first kappa shape index (κ1) is 20.8. The van der Waals surface area contributed by atoms with Crippen LogP contribution < -0.4 is 15.1 Å². The summed E-state index contributed by atoms with van der Waals surface area (Å²) in [6, 6.07) is 7.00. The Hall–Kier alpha value is -2.90. The van der Waals surface area contributed by atoms with Gasteiger partial charge in [0.05, 0.1) is 24.8 Å². The molecule has 3 aromatic rings. The van der Waals surface area contributed by atoms with Crippen LogP contribution in [0.5, 0.6) is 11.5 Å². The fraction of sp³-hybridized carbons (Fsp3) is 0.190. The first-order valence-electron chi connectivity index (χ1n) is 8.55. The van der Waals surface area contributed by atoms with Gasteiger partial charge in [0.25, 0.3) is 0 Å². The molecule has 0 fully saturated rings. The van der Waals surface area contributed by atoms with Crippen LogP contribution in [0.4, 0.5) is 0 Å². The third-order valence-electron chi connectivity index (χ3n) is 4.25. The number of nitrogens with zero attached hydrogens (tertiary/aromatic N) is 1. The number of aromatic nitrogens is 1. The van der Waals surface area contributed by atoms with Crippen LogP contribution >= 0.6 is 23.8 Å². The molecule has 0 aliphatic rings. The lowest BCUT2D eigenvalue weighted by Crippen LogP contribution is -2.15. The summed E-state index contributed by atoms with van der Waals surface area (Å²) in [5.41, 5.74) is 1.81. The van der Waals surface area contributed by atoms with E-state index < -0.39 is 5.63 Å². The Kier molecular flexibility index (Phi) is 6.20. The molecule has 8 heteroatoms. The maximum absolute atomic E-state index is 13.1. The largest absolute Gasteiger partial charge is 0.496 e. The maximum Gasteiger partial charge on any atom is 0.357 e. The maximum atomic E-state index is 13.1. The molecule has 0 saturated carbocycles. The van der Waals surface area contributed by atoms with E-state index in [-0.39, 0.29) is 16.5 Å². The zero-order chi connectivity index (χ0) is 21.1. The van der Waals surface area contributed by atoms with Gasteiger partial charge in [-0.25, -0.2) is 4.79 Å². The highest BCUT2D eigenvalue weighted by Gasteiger charge is 2.26. The summed E-state index contributed by atoms with van der Waals surface area (Å²) in [6.07, 6.45) is 3.21. The fourth-order valence-electron chi connectivity index (χ4n) is 2.96. The molecule has 0 saturated heterocycles. The van der Waals surface area contributed by atoms with E-state index in [9.17, 15) is 4.79 Å². The van der Waals surface area contributed by atoms with E-state index in [0.717, 1.165) is 5.56 Å². The van der Waals surface area contributed by atoms with Gasteiger partial charge in [-0.1, -0.05) is 11.6 Å². The van der Waals surface area contributed by atoms with Crippen LogP contribution in [0.3, 0.4) is 0 Å². The van der Waals surface area contributed by atoms with Crippen molar-refractivity contribution in [2.24, 2.45) is 0 Å². The van der Waals surface area contributed by atoms with Crippen LogP contribution in [0.25, 0.3) is 22.5 Å². The van der Waals surface area contributed by atoms with Crippen LogP contribution in [0, 0.1) is 13.8 Å². The minimum Gasteiger partial charge on any atom is -0.496 e. The number of hydrogen-bond donors (Lipinski definition) is 0. The van der Waals surface area contributed by atoms with E-state index >= 15 is 0 Å². The van der Waals surface area contributed by atoms with Crippen molar-refractivity contribution in [1.82, 2.24) is 4.98 Å². The molecule has 29 heavy (non-hydrogen) atoms. The van der Waals surface area contributed by atoms with Gasteiger partial charge >= 0.3 is 10.9 Å². The molecule has 0 radical (unpaired) electrons. The molecule has 0 atom stereocenters. The normalized spacial score (nSPS) is 10.5. The lowest BCUT2D eigenvalue weighted by atomic mass is 9.99. The Morgan fingerprint density at radius 3 is 2.59 bits per heavy atom. The van der Waals surface area contributed by atoms with Crippen LogP contribution in [0.15, 0.2) is 45.9 Å². The van der Waals surface area contributed by atoms with Crippen molar-refractivity contribution in [3.63, 3.8) is 0 Å². The first-order valence-corrected chi connectivity index (χ1v) is 9.34. The Balaban J connectivity index is 2.38. The minimum absolute atomic E-state index is 0.0939. The fourth-order valence-corrected chi connectivity index (χ4v) is 3.40. The van der Waals surface area contributed by atoms with Crippen LogP contribution in [0.1, 0.15) is 11.1 Å². The molecule has 0 unspecified atom stereocenters. The molecule has 0 bridgehead atoms. The standard InChI is InChI=1S/C21H18ClNO5S/c1-11-8-14(22)16(15(9-11)25-3)17-19(28-21(29)26-4)12(2)18(27-20(17)24)13-6-5-7-23-10-13/h5-10H,1-4H3. The third-order valence-corrected chi connectivity index (χ3v) is 4.80. The molecule has 0 aliphatic heterocycles. The van der Waals surface area contributed by atoms with Gasteiger partial charge in [-0.3, -0.25) is 4.98 Å². The summed E-state index contributed by atoms with van der Waals surface area (Å²) >= 11 is 11.6. The Bertz CT molecular complexity index is 1130. The van der Waals surface area contributed by atoms with Gasteiger partial charge in [0, 0.05) is 35.7 Å². The van der Waals surface area contributed by atoms with E-state index in [1.54, 1.807) is 43.6 Å². The van der Waals surface area contributed by atoms with Gasteiger partial charge < -0.3 is 18.6 Å². The SMILES string of the molecule is COC(=S)Oc1c(C)c(-c2cccnc2)oc(=O)c1-c1c(Cl)cc(C)cc1OC. The monoisotopic (exact) mass is 431 g/mol. The van der Waals surface area contributed by atoms with Crippen molar-refractivity contribution in [2.45, 2.75) is 13.8 Å². The molecule has 150 valence electrons. The average molecular weight is 432 g/mol. The number of methoxy groups -OCH3 is 2. The Labute approximate surface area is 178 Å². The van der Waals surface area contributed by atoms with Crippen molar-refractivity contribution in [1.29, 1.82) is 0 Å². The molecule has 6 nitrogen and oxygen atoms in total. The van der Waals surface area contributed by atoms with Crippen LogP contribution in [0.2, 0.25) is 5.02 Å². The molecule has 3 rings (SSSR count). The topological polar surface area (TPSA) is 70.8 Å². The van der Waals surface area contributed by atoms with Gasteiger partial charge in [0.2, 0.25) is 0 Å². The molecular formula is C21H18ClNO5S. The summed E-state index contributed by atoms with van der Waals surface area (Å²) in [5, 5.41) is 0.162. The van der Waals surface area contributed by atoms with Crippen molar-refractivity contribution >= 4 is 29.1 Å². The molecule has 0 aliphatic carbocycles. The zero-order valence-corrected chi connectivity index (χ0v) is 17.8. The van der Waals surface area contributed by atoms with Crippen molar-refractivity contribution in [3.8, 4) is 33.9 Å². The lowest BCUT2D eigenvalue weighted by molar-refractivity contribution is 0.313. The smallest absolute Gasteiger partial charge is 0.357 e. The molecule has 2 heterocycles. The number of halogens is 1. The van der Waals surface area contributed by atoms with Gasteiger partial charge in [-0.2, -0.15) is 0 Å². The summed E-state index contributed by atoms with van der Waals surface area (Å²) < 4.78 is 21.8. The van der Waals surface area contributed by atoms with Gasteiger partial charge in [0.15, 0.2) is 5.75 Å². The highest BCUT2D eigenvalue weighted by Crippen LogP contribution is 2.43. The van der Waals surface area contributed by atoms with Crippen LogP contribution in [-0.4, -0.2) is 24.4 Å². The second kappa shape index (κ2) is 8.63. The van der Waals surface area contributed by atoms with Gasteiger partial charge in [0.1, 0.15) is 17.1 Å². The number of rotatable bonds is 4. The van der Waals surface area contributed by atoms with Gasteiger partial charge in [-0.15, -0.1) is 0 Å². The molecule has 0 N–H and O–H groups in total. The van der Waals surface area contributed by atoms with Crippen molar-refractivity contribution in [2.75, 3.05) is 14.2 Å². The molecule has 1 aromatic carbocycles. The second-order valence-corrected chi connectivity index (χ2v) is 6.91. The highest BCUT2D eigenvalue weighted by molar-refractivity contribution is 7.79. The first-order chi connectivity index (χ1) is 13.9. The highest BCUT2D eigenvalue weighted by atomic mass is 35.5. The van der Waals surface area contributed by atoms with Crippen LogP contribution in [-0.2, 0) is 4.74 Å². The number of aryl methyl sites for hydroxylation is 1. The lowest BCUT2D eigenvalue weighted by Gasteiger charge is -2.18. The predicted molar refractivity (Wildman–Crippen MR) is 115 cm³/mol. The Morgan fingerprint density at radius 1 is 1.21 bits per heavy atom. The molecule has 2 aromatic heterocycles. The third kappa shape index (κ3) is 4.11. The van der Waals surface area contributed by atoms with E-state index in [4.69, 9.17) is 42.4 Å². The summed E-state index contributed by atoms with van der Waals surface area (Å²) in [5.74, 6) is 0.892. The van der Waals surface area contributed by atoms with E-state index in [2.05, 4.69) is 4.98 Å². The summed E-state index contributed by atoms with van der Waals surface area (Å²) in [4.78, 5) is 17.2. The molecular weight excluding hydrogens is 414 g/mol. The van der Waals surface area contributed by atoms with E-state index in [0.29, 0.717) is 33.2 Å². The minimum atomic E-state index is -0.660. The quantitative estimate of drug-likeness (QED) is 0.541. The Morgan fingerprint density at radius 2 is 1.97 bits per heavy atom. The van der Waals surface area contributed by atoms with E-state index in [1.165, 1.54) is 14.2 Å². The molecule has 0 spiro atoms. The summed E-state index contributed by atoms with van der Waals surface area (Å²) in [7, 11) is 2.87. The van der Waals surface area contributed by atoms with E-state index in [1.807, 2.05) is 6.92 Å². The predicted octanol–water partition coefficient (Wildman–Crippen LogP) is 4.96. The number of benzene rings is 1. The average Bonchev–Trinajstić information content (AvgIpc) is 2.71. The number of thiocarbonyl (C=S) groups is 1. The van der Waals surface area contributed by atoms with Crippen molar-refractivity contribution in [3.05, 3.63) is 63.2 Å². The number of pyridine rings is 1.